The summed E-state index contributed by atoms with van der Waals surface area (Å²) in [7, 11) is 0. The summed E-state index contributed by atoms with van der Waals surface area (Å²) in [6, 6.07) is 2.02. The molecule has 43 heavy (non-hydrogen) atoms. The molecule has 1 aromatic rings. The zero-order chi connectivity index (χ0) is 30.9. The lowest BCUT2D eigenvalue weighted by Crippen LogP contribution is -2.26. The van der Waals surface area contributed by atoms with Gasteiger partial charge in [-0.2, -0.15) is 0 Å². The molecular weight excluding hydrogens is 548 g/mol. The predicted molar refractivity (Wildman–Crippen MR) is 166 cm³/mol. The number of aromatic hydroxyl groups is 1. The summed E-state index contributed by atoms with van der Waals surface area (Å²) >= 11 is 0. The highest BCUT2D eigenvalue weighted by atomic mass is 16.5. The number of ether oxygens (including phenoxy) is 2. The van der Waals surface area contributed by atoms with Gasteiger partial charge in [-0.25, -0.2) is 0 Å². The second-order valence-electron chi connectivity index (χ2n) is 12.8. The number of carbonyl (C=O) groups excluding carboxylic acids is 2. The van der Waals surface area contributed by atoms with Gasteiger partial charge in [0.1, 0.15) is 12.2 Å². The number of aryl methyl sites for hydroxylation is 1. The topological polar surface area (TPSA) is 161 Å². The fourth-order valence-corrected chi connectivity index (χ4v) is 7.12. The van der Waals surface area contributed by atoms with Crippen molar-refractivity contribution in [3.8, 4) is 11.5 Å². The van der Waals surface area contributed by atoms with E-state index < -0.39 is 12.2 Å². The third kappa shape index (κ3) is 9.24. The van der Waals surface area contributed by atoms with Crippen LogP contribution in [0.3, 0.4) is 0 Å². The van der Waals surface area contributed by atoms with E-state index in [2.05, 4.69) is 11.9 Å². The lowest BCUT2D eigenvalue weighted by atomic mass is 9.90. The Morgan fingerprint density at radius 3 is 2.77 bits per heavy atom. The van der Waals surface area contributed by atoms with Crippen LogP contribution in [0.4, 0.5) is 0 Å². The van der Waals surface area contributed by atoms with Gasteiger partial charge in [0.25, 0.3) is 0 Å². The number of likely N-dealkylation sites (tertiary alicyclic amines) is 1. The molecule has 2 aliphatic heterocycles. The Labute approximate surface area is 256 Å². The standard InChI is InChI=1S/C33H52N4O6/c1-3-4-5-8-26(39)18-27(42-21(2)38)12-10-24-17-25(20-37-19-22(16-30(37)40)14-15-36-33(34)35)31(41)32-28(24)13-11-23-7-6-9-29(23)43-32/h17,22-23,26-27,29,39,41H,3-16,18-20H2,1-2H3,(H4,34,35,36)/t22-,23-,26-,27+,29+/m0/s1. The van der Waals surface area contributed by atoms with E-state index in [1.807, 2.05) is 6.07 Å². The van der Waals surface area contributed by atoms with Gasteiger partial charge in [-0.05, 0) is 81.3 Å². The Morgan fingerprint density at radius 1 is 1.21 bits per heavy atom. The summed E-state index contributed by atoms with van der Waals surface area (Å²) in [6.07, 6.45) is 10.8. The van der Waals surface area contributed by atoms with Crippen LogP contribution in [0, 0.1) is 11.8 Å². The maximum Gasteiger partial charge on any atom is 0.302 e. The molecule has 5 atom stereocenters. The fraction of sp³-hybridized carbons (Fsp3) is 0.727. The zero-order valence-electron chi connectivity index (χ0n) is 26.1. The number of aliphatic hydroxyl groups is 1. The first-order valence-corrected chi connectivity index (χ1v) is 16.4. The van der Waals surface area contributed by atoms with Crippen molar-refractivity contribution < 1.29 is 29.3 Å². The first kappa shape index (κ1) is 32.9. The number of hydrogen-bond acceptors (Lipinski definition) is 7. The van der Waals surface area contributed by atoms with Crippen molar-refractivity contribution in [1.29, 1.82) is 0 Å². The van der Waals surface area contributed by atoms with Crippen LogP contribution in [-0.2, 0) is 33.7 Å². The number of aliphatic imine (C=N–C) groups is 1. The maximum atomic E-state index is 12.9. The third-order valence-corrected chi connectivity index (χ3v) is 9.38. The predicted octanol–water partition coefficient (Wildman–Crippen LogP) is 4.09. The van der Waals surface area contributed by atoms with Crippen molar-refractivity contribution >= 4 is 17.8 Å². The van der Waals surface area contributed by atoms with Crippen LogP contribution in [0.2, 0.25) is 0 Å². The minimum Gasteiger partial charge on any atom is -0.504 e. The molecule has 2 heterocycles. The van der Waals surface area contributed by atoms with E-state index >= 15 is 0 Å². The number of hydrogen-bond donors (Lipinski definition) is 4. The quantitative estimate of drug-likeness (QED) is 0.101. The second-order valence-corrected chi connectivity index (χ2v) is 12.8. The van der Waals surface area contributed by atoms with Crippen molar-refractivity contribution in [2.45, 2.75) is 129 Å². The Bertz CT molecular complexity index is 1140. The number of phenols is 1. The van der Waals surface area contributed by atoms with Crippen LogP contribution in [0.1, 0.15) is 108 Å². The van der Waals surface area contributed by atoms with Crippen molar-refractivity contribution in [2.75, 3.05) is 13.1 Å². The molecule has 240 valence electrons. The van der Waals surface area contributed by atoms with Crippen molar-refractivity contribution in [3.63, 3.8) is 0 Å². The molecule has 6 N–H and O–H groups in total. The smallest absolute Gasteiger partial charge is 0.302 e. The van der Waals surface area contributed by atoms with E-state index in [9.17, 15) is 19.8 Å². The molecule has 10 nitrogen and oxygen atoms in total. The molecule has 1 aromatic carbocycles. The highest BCUT2D eigenvalue weighted by Crippen LogP contribution is 2.45. The van der Waals surface area contributed by atoms with Crippen LogP contribution in [0.5, 0.6) is 11.5 Å². The van der Waals surface area contributed by atoms with Crippen molar-refractivity contribution in [2.24, 2.45) is 28.3 Å². The number of unbranched alkanes of at least 4 members (excludes halogenated alkanes) is 2. The molecule has 4 rings (SSSR count). The molecule has 1 saturated carbocycles. The van der Waals surface area contributed by atoms with Gasteiger partial charge in [-0.15, -0.1) is 0 Å². The normalized spacial score (nSPS) is 22.7. The number of carbonyl (C=O) groups is 2. The summed E-state index contributed by atoms with van der Waals surface area (Å²) in [4.78, 5) is 30.7. The molecule has 0 unspecified atom stereocenters. The number of rotatable bonds is 15. The first-order chi connectivity index (χ1) is 20.6. The highest BCUT2D eigenvalue weighted by molar-refractivity contribution is 5.79. The van der Waals surface area contributed by atoms with Gasteiger partial charge in [0, 0.05) is 50.5 Å². The van der Waals surface area contributed by atoms with Gasteiger partial charge in [0.15, 0.2) is 17.5 Å². The Morgan fingerprint density at radius 2 is 2.02 bits per heavy atom. The van der Waals surface area contributed by atoms with E-state index in [1.54, 1.807) is 4.90 Å². The molecule has 1 saturated heterocycles. The number of aliphatic hydroxyl groups excluding tert-OH is 1. The van der Waals surface area contributed by atoms with Gasteiger partial charge in [-0.1, -0.05) is 26.2 Å². The molecular formula is C33H52N4O6. The van der Waals surface area contributed by atoms with E-state index in [0.29, 0.717) is 69.0 Å². The number of benzene rings is 1. The Hall–Kier alpha value is -3.01. The molecule has 0 bridgehead atoms. The van der Waals surface area contributed by atoms with Gasteiger partial charge in [-0.3, -0.25) is 14.6 Å². The van der Waals surface area contributed by atoms with E-state index in [-0.39, 0.29) is 35.6 Å². The van der Waals surface area contributed by atoms with Crippen LogP contribution in [0.15, 0.2) is 11.1 Å². The number of esters is 1. The van der Waals surface area contributed by atoms with E-state index in [1.165, 1.54) is 6.92 Å². The van der Waals surface area contributed by atoms with E-state index in [4.69, 9.17) is 20.9 Å². The lowest BCUT2D eigenvalue weighted by Gasteiger charge is -2.24. The summed E-state index contributed by atoms with van der Waals surface area (Å²) in [5, 5.41) is 22.2. The molecule has 0 aromatic heterocycles. The second kappa shape index (κ2) is 15.6. The molecule has 1 amide bonds. The number of guanidine groups is 1. The number of phenolic OH excluding ortho intramolecular Hbond substituents is 1. The average molecular weight is 601 g/mol. The van der Waals surface area contributed by atoms with Crippen molar-refractivity contribution in [3.05, 3.63) is 22.8 Å². The number of fused-ring (bicyclic) bond motifs is 2. The average Bonchev–Trinajstić information content (AvgIpc) is 3.48. The van der Waals surface area contributed by atoms with Gasteiger partial charge in [0.05, 0.1) is 6.10 Å². The fourth-order valence-electron chi connectivity index (χ4n) is 7.12. The minimum absolute atomic E-state index is 0.0503. The molecule has 10 heteroatoms. The summed E-state index contributed by atoms with van der Waals surface area (Å²) < 4.78 is 12.2. The Balaban J connectivity index is 1.54. The summed E-state index contributed by atoms with van der Waals surface area (Å²) in [5.41, 5.74) is 13.6. The number of amides is 1. The molecule has 0 radical (unpaired) electrons. The zero-order valence-corrected chi connectivity index (χ0v) is 26.1. The minimum atomic E-state index is -0.521. The molecule has 3 aliphatic rings. The summed E-state index contributed by atoms with van der Waals surface area (Å²) in [5.74, 6) is 1.06. The maximum absolute atomic E-state index is 12.9. The van der Waals surface area contributed by atoms with Crippen molar-refractivity contribution in [1.82, 2.24) is 4.90 Å². The monoisotopic (exact) mass is 600 g/mol. The molecule has 0 spiro atoms. The number of nitrogens with two attached hydrogens (primary N) is 2. The van der Waals surface area contributed by atoms with Gasteiger partial charge >= 0.3 is 5.97 Å². The first-order valence-electron chi connectivity index (χ1n) is 16.4. The third-order valence-electron chi connectivity index (χ3n) is 9.38. The van der Waals surface area contributed by atoms with Crippen LogP contribution >= 0.6 is 0 Å². The van der Waals surface area contributed by atoms with Crippen LogP contribution in [-0.4, -0.2) is 64.4 Å². The Kier molecular flexibility index (Phi) is 12.0. The van der Waals surface area contributed by atoms with Gasteiger partial charge < -0.3 is 36.1 Å². The molecule has 2 fully saturated rings. The van der Waals surface area contributed by atoms with E-state index in [0.717, 1.165) is 68.9 Å². The van der Waals surface area contributed by atoms with Crippen LogP contribution in [0.25, 0.3) is 0 Å². The number of nitrogens with zero attached hydrogens (tertiary/aromatic N) is 2. The van der Waals surface area contributed by atoms with Crippen LogP contribution < -0.4 is 16.2 Å². The summed E-state index contributed by atoms with van der Waals surface area (Å²) in [6.45, 7) is 4.90. The largest absolute Gasteiger partial charge is 0.504 e. The SMILES string of the molecule is CCCCC[C@H](O)C[C@@H](CCc1cc(CN2C[C@@H](CCN=C(N)N)CC2=O)c(O)c2c1CC[C@@H]1CCC[C@H]1O2)OC(C)=O. The lowest BCUT2D eigenvalue weighted by molar-refractivity contribution is -0.148. The van der Waals surface area contributed by atoms with Gasteiger partial charge in [0.2, 0.25) is 5.91 Å². The molecule has 1 aliphatic carbocycles. The highest BCUT2D eigenvalue weighted by Gasteiger charge is 2.36.